The van der Waals surface area contributed by atoms with E-state index < -0.39 is 0 Å². The van der Waals surface area contributed by atoms with Gasteiger partial charge < -0.3 is 9.32 Å². The van der Waals surface area contributed by atoms with Crippen LogP contribution in [-0.2, 0) is 5.41 Å². The van der Waals surface area contributed by atoms with E-state index in [1.807, 2.05) is 30.4 Å². The molecule has 0 amide bonds. The Morgan fingerprint density at radius 3 is 1.82 bits per heavy atom. The van der Waals surface area contributed by atoms with Crippen LogP contribution in [0.25, 0.3) is 76.5 Å². The van der Waals surface area contributed by atoms with Crippen LogP contribution in [0.5, 0.6) is 0 Å². The van der Waals surface area contributed by atoms with Crippen LogP contribution in [0, 0.1) is 0 Å². The van der Waals surface area contributed by atoms with Crippen molar-refractivity contribution in [3.63, 3.8) is 0 Å². The van der Waals surface area contributed by atoms with Crippen molar-refractivity contribution in [2.24, 2.45) is 0 Å². The number of furan rings is 1. The molecule has 0 radical (unpaired) electrons. The Labute approximate surface area is 351 Å². The van der Waals surface area contributed by atoms with Crippen LogP contribution in [0.4, 0.5) is 5.69 Å². The van der Waals surface area contributed by atoms with Gasteiger partial charge in [0.25, 0.3) is 0 Å². The Morgan fingerprint density at radius 1 is 0.583 bits per heavy atom. The van der Waals surface area contributed by atoms with Crippen LogP contribution in [0.15, 0.2) is 223 Å². The van der Waals surface area contributed by atoms with Crippen molar-refractivity contribution in [3.05, 3.63) is 235 Å². The second-order valence-electron chi connectivity index (χ2n) is 16.4. The lowest BCUT2D eigenvalue weighted by molar-refractivity contribution is 0.654. The van der Waals surface area contributed by atoms with E-state index in [2.05, 4.69) is 197 Å². The van der Waals surface area contributed by atoms with E-state index in [1.54, 1.807) is 0 Å². The molecule has 1 aliphatic carbocycles. The molecule has 8 aromatic carbocycles. The molecular weight excluding hydrogens is 727 g/mol. The highest BCUT2D eigenvalue weighted by atomic mass is 16.3. The molecule has 1 aromatic heterocycles. The number of fused-ring (bicyclic) bond motifs is 10. The third kappa shape index (κ3) is 5.95. The van der Waals surface area contributed by atoms with Crippen molar-refractivity contribution in [2.75, 3.05) is 4.90 Å². The molecule has 0 aliphatic heterocycles. The maximum Gasteiger partial charge on any atom is 0.143 e. The zero-order valence-electron chi connectivity index (χ0n) is 34.3. The standard InChI is InChI=1S/C58H45NO/c1-7-43-53-35-51-47-22-13-11-20-45(47)46-21-12-14-23-48(46)52(51)36-55(53)58(5,6)54(43)34-39(4)59(42-32-30-41(31-33-42)40-18-9-8-10-19-40)38(3)29-28-37(2)44-25-17-26-50-49-24-15-16-27-56(49)60-57(44)50/h7-36H,1-3H2,4-6H3/b29-28-,39-34+. The highest BCUT2D eigenvalue weighted by Crippen LogP contribution is 2.51. The number of hydrogen-bond acceptors (Lipinski definition) is 2. The van der Waals surface area contributed by atoms with E-state index >= 15 is 0 Å². The Kier molecular flexibility index (Phi) is 8.88. The topological polar surface area (TPSA) is 16.4 Å². The molecule has 0 saturated carbocycles. The first-order valence-electron chi connectivity index (χ1n) is 20.6. The van der Waals surface area contributed by atoms with Crippen molar-refractivity contribution in [1.82, 2.24) is 0 Å². The van der Waals surface area contributed by atoms with E-state index in [9.17, 15) is 0 Å². The van der Waals surface area contributed by atoms with Gasteiger partial charge in [-0.2, -0.15) is 0 Å². The number of nitrogens with zero attached hydrogens (tertiary/aromatic N) is 1. The second-order valence-corrected chi connectivity index (χ2v) is 16.4. The van der Waals surface area contributed by atoms with E-state index in [0.29, 0.717) is 0 Å². The number of anilines is 1. The first kappa shape index (κ1) is 36.9. The number of benzene rings is 8. The number of rotatable bonds is 9. The molecule has 0 unspecified atom stereocenters. The fourth-order valence-electron chi connectivity index (χ4n) is 9.46. The lowest BCUT2D eigenvalue weighted by atomic mass is 9.79. The SMILES string of the molecule is C=CC1=C(/C=C(\C)N(C(=C)/C=C\C(=C)c2cccc3c2oc2ccccc23)c2ccc(-c3ccccc3)cc2)C(C)(C)c2cc3c4ccccc4c4ccccc4c3cc21. The Hall–Kier alpha value is -7.42. The highest BCUT2D eigenvalue weighted by molar-refractivity contribution is 6.26. The Bertz CT molecular complexity index is 3330. The van der Waals surface area contributed by atoms with Gasteiger partial charge in [-0.3, -0.25) is 0 Å². The molecule has 1 heterocycles. The molecule has 9 aromatic rings. The van der Waals surface area contributed by atoms with Gasteiger partial charge in [-0.25, -0.2) is 0 Å². The van der Waals surface area contributed by atoms with E-state index in [-0.39, 0.29) is 5.41 Å². The number of para-hydroxylation sites is 2. The summed E-state index contributed by atoms with van der Waals surface area (Å²) < 4.78 is 6.37. The predicted octanol–water partition coefficient (Wildman–Crippen LogP) is 16.1. The van der Waals surface area contributed by atoms with Gasteiger partial charge in [0.1, 0.15) is 11.2 Å². The van der Waals surface area contributed by atoms with Crippen molar-refractivity contribution in [2.45, 2.75) is 26.2 Å². The molecule has 0 atom stereocenters. The van der Waals surface area contributed by atoms with Crippen LogP contribution in [0.2, 0.25) is 0 Å². The summed E-state index contributed by atoms with van der Waals surface area (Å²) in [6.45, 7) is 20.4. The smallest absolute Gasteiger partial charge is 0.143 e. The Morgan fingerprint density at radius 2 is 1.15 bits per heavy atom. The van der Waals surface area contributed by atoms with Crippen molar-refractivity contribution in [1.29, 1.82) is 0 Å². The van der Waals surface area contributed by atoms with Crippen molar-refractivity contribution < 1.29 is 4.42 Å². The molecule has 0 bridgehead atoms. The molecule has 0 N–H and O–H groups in total. The molecule has 60 heavy (non-hydrogen) atoms. The molecule has 0 spiro atoms. The van der Waals surface area contributed by atoms with Crippen LogP contribution in [0.1, 0.15) is 37.5 Å². The molecule has 0 saturated heterocycles. The lowest BCUT2D eigenvalue weighted by Crippen LogP contribution is -2.21. The number of allylic oxidation sites excluding steroid dienone is 8. The fraction of sp³-hybridized carbons (Fsp3) is 0.0690. The van der Waals surface area contributed by atoms with Crippen LogP contribution in [0.3, 0.4) is 0 Å². The molecule has 2 nitrogen and oxygen atoms in total. The van der Waals surface area contributed by atoms with Crippen LogP contribution in [-0.4, -0.2) is 0 Å². The first-order valence-corrected chi connectivity index (χ1v) is 20.6. The average molecular weight is 772 g/mol. The summed E-state index contributed by atoms with van der Waals surface area (Å²) in [4.78, 5) is 2.24. The van der Waals surface area contributed by atoms with Gasteiger partial charge in [0, 0.05) is 38.8 Å². The monoisotopic (exact) mass is 771 g/mol. The highest BCUT2D eigenvalue weighted by Gasteiger charge is 2.37. The van der Waals surface area contributed by atoms with Crippen molar-refractivity contribution >= 4 is 71.1 Å². The first-order chi connectivity index (χ1) is 29.2. The summed E-state index contributed by atoms with van der Waals surface area (Å²) in [5, 5.41) is 9.81. The largest absolute Gasteiger partial charge is 0.455 e. The molecule has 0 fully saturated rings. The fourth-order valence-corrected chi connectivity index (χ4v) is 9.46. The lowest BCUT2D eigenvalue weighted by Gasteiger charge is -2.29. The van der Waals surface area contributed by atoms with Gasteiger partial charge in [0.2, 0.25) is 0 Å². The summed E-state index contributed by atoms with van der Waals surface area (Å²) >= 11 is 0. The minimum atomic E-state index is -0.305. The van der Waals surface area contributed by atoms with Gasteiger partial charge >= 0.3 is 0 Å². The second kappa shape index (κ2) is 14.4. The van der Waals surface area contributed by atoms with Crippen molar-refractivity contribution in [3.8, 4) is 11.1 Å². The molecule has 288 valence electrons. The van der Waals surface area contributed by atoms with Gasteiger partial charge in [-0.1, -0.05) is 173 Å². The van der Waals surface area contributed by atoms with Gasteiger partial charge in [-0.05, 0) is 121 Å². The molecule has 10 rings (SSSR count). The summed E-state index contributed by atoms with van der Waals surface area (Å²) in [5.41, 5.74) is 13.3. The van der Waals surface area contributed by atoms with Gasteiger partial charge in [-0.15, -0.1) is 0 Å². The van der Waals surface area contributed by atoms with E-state index in [1.165, 1.54) is 54.6 Å². The summed E-state index contributed by atoms with van der Waals surface area (Å²) in [5.74, 6) is 0. The summed E-state index contributed by atoms with van der Waals surface area (Å²) in [7, 11) is 0. The quantitative estimate of drug-likeness (QED) is 0.107. The molecule has 2 heteroatoms. The maximum atomic E-state index is 6.37. The van der Waals surface area contributed by atoms with E-state index in [4.69, 9.17) is 4.42 Å². The molecular formula is C58H45NO. The van der Waals surface area contributed by atoms with Gasteiger partial charge in [0.05, 0.1) is 0 Å². The minimum absolute atomic E-state index is 0.305. The van der Waals surface area contributed by atoms with Crippen LogP contribution < -0.4 is 4.90 Å². The summed E-state index contributed by atoms with van der Waals surface area (Å²) in [6, 6.07) is 56.1. The normalized spacial score (nSPS) is 13.9. The third-order valence-corrected chi connectivity index (χ3v) is 12.5. The Balaban J connectivity index is 1.08. The zero-order chi connectivity index (χ0) is 41.1. The number of hydrogen-bond donors (Lipinski definition) is 0. The third-order valence-electron chi connectivity index (χ3n) is 12.5. The minimum Gasteiger partial charge on any atom is -0.455 e. The maximum absolute atomic E-state index is 6.37. The van der Waals surface area contributed by atoms with Gasteiger partial charge in [0.15, 0.2) is 0 Å². The zero-order valence-corrected chi connectivity index (χ0v) is 34.3. The summed E-state index contributed by atoms with van der Waals surface area (Å²) in [6.07, 6.45) is 8.49. The predicted molar refractivity (Wildman–Crippen MR) is 258 cm³/mol. The van der Waals surface area contributed by atoms with Crippen LogP contribution >= 0.6 is 0 Å². The molecule has 1 aliphatic rings. The van der Waals surface area contributed by atoms with E-state index in [0.717, 1.165) is 61.3 Å². The average Bonchev–Trinajstić information content (AvgIpc) is 3.76.